The molecule has 0 spiro atoms. The van der Waals surface area contributed by atoms with E-state index in [9.17, 15) is 14.3 Å². The number of aliphatic carboxylic acids is 1. The molecule has 5 heteroatoms. The zero-order chi connectivity index (χ0) is 12.6. The molecule has 0 atom stereocenters. The summed E-state index contributed by atoms with van der Waals surface area (Å²) >= 11 is 5.78. The van der Waals surface area contributed by atoms with Crippen LogP contribution in [0.15, 0.2) is 18.2 Å². The van der Waals surface area contributed by atoms with Crippen molar-refractivity contribution in [1.82, 2.24) is 0 Å². The second kappa shape index (κ2) is 4.27. The van der Waals surface area contributed by atoms with Crippen molar-refractivity contribution in [2.45, 2.75) is 24.9 Å². The largest absolute Gasteiger partial charge is 0.481 e. The Morgan fingerprint density at radius 2 is 2.18 bits per heavy atom. The standard InChI is InChI=1S/C12H12ClFO3/c13-10-7(2-1-3-9(10)14)4-12(17)5-8(6-12)11(15)16/h1-3,8,17H,4-6H2,(H,15,16). The van der Waals surface area contributed by atoms with Crippen molar-refractivity contribution in [3.05, 3.63) is 34.6 Å². The van der Waals surface area contributed by atoms with Crippen LogP contribution >= 0.6 is 11.6 Å². The van der Waals surface area contributed by atoms with Gasteiger partial charge in [0.1, 0.15) is 5.82 Å². The van der Waals surface area contributed by atoms with Gasteiger partial charge in [-0.3, -0.25) is 4.79 Å². The van der Waals surface area contributed by atoms with Crippen molar-refractivity contribution >= 4 is 17.6 Å². The zero-order valence-corrected chi connectivity index (χ0v) is 9.75. The maximum Gasteiger partial charge on any atom is 0.306 e. The maximum atomic E-state index is 13.2. The maximum absolute atomic E-state index is 13.2. The Morgan fingerprint density at radius 3 is 2.76 bits per heavy atom. The molecular formula is C12H12ClFO3. The molecule has 1 fully saturated rings. The number of halogens is 2. The second-order valence-electron chi connectivity index (χ2n) is 4.56. The monoisotopic (exact) mass is 258 g/mol. The van der Waals surface area contributed by atoms with Gasteiger partial charge in [0, 0.05) is 6.42 Å². The molecule has 0 amide bonds. The summed E-state index contributed by atoms with van der Waals surface area (Å²) in [6.07, 6.45) is 0.567. The zero-order valence-electron chi connectivity index (χ0n) is 8.99. The SMILES string of the molecule is O=C(O)C1CC(O)(Cc2cccc(F)c2Cl)C1. The van der Waals surface area contributed by atoms with Crippen LogP contribution in [0, 0.1) is 11.7 Å². The molecule has 1 saturated carbocycles. The van der Waals surface area contributed by atoms with Gasteiger partial charge in [-0.05, 0) is 24.5 Å². The molecule has 1 aromatic rings. The van der Waals surface area contributed by atoms with Crippen molar-refractivity contribution < 1.29 is 19.4 Å². The number of rotatable bonds is 3. The Labute approximate surface area is 103 Å². The average molecular weight is 259 g/mol. The van der Waals surface area contributed by atoms with Crippen LogP contribution in [0.2, 0.25) is 5.02 Å². The number of hydrogen-bond acceptors (Lipinski definition) is 2. The summed E-state index contributed by atoms with van der Waals surface area (Å²) in [6, 6.07) is 4.40. The van der Waals surface area contributed by atoms with E-state index in [0.717, 1.165) is 0 Å². The third-order valence-electron chi connectivity index (χ3n) is 3.15. The average Bonchev–Trinajstić information content (AvgIpc) is 2.21. The van der Waals surface area contributed by atoms with Crippen LogP contribution < -0.4 is 0 Å². The lowest BCUT2D eigenvalue weighted by Gasteiger charge is -2.41. The highest BCUT2D eigenvalue weighted by atomic mass is 35.5. The quantitative estimate of drug-likeness (QED) is 0.874. The fraction of sp³-hybridized carbons (Fsp3) is 0.417. The number of benzene rings is 1. The van der Waals surface area contributed by atoms with Crippen LogP contribution in [0.25, 0.3) is 0 Å². The topological polar surface area (TPSA) is 57.5 Å². The first-order valence-corrected chi connectivity index (χ1v) is 5.67. The Balaban J connectivity index is 2.07. The third-order valence-corrected chi connectivity index (χ3v) is 3.58. The Bertz CT molecular complexity index is 455. The van der Waals surface area contributed by atoms with Gasteiger partial charge in [-0.2, -0.15) is 0 Å². The number of hydrogen-bond donors (Lipinski definition) is 2. The van der Waals surface area contributed by atoms with Crippen LogP contribution in [-0.2, 0) is 11.2 Å². The highest BCUT2D eigenvalue weighted by molar-refractivity contribution is 6.31. The Morgan fingerprint density at radius 1 is 1.53 bits per heavy atom. The van der Waals surface area contributed by atoms with Gasteiger partial charge in [-0.25, -0.2) is 4.39 Å². The minimum atomic E-state index is -1.07. The first-order chi connectivity index (χ1) is 7.91. The Hall–Kier alpha value is -1.13. The minimum Gasteiger partial charge on any atom is -0.481 e. The van der Waals surface area contributed by atoms with Crippen LogP contribution in [0.1, 0.15) is 18.4 Å². The molecule has 0 aromatic heterocycles. The summed E-state index contributed by atoms with van der Waals surface area (Å²) < 4.78 is 13.2. The predicted molar refractivity (Wildman–Crippen MR) is 60.4 cm³/mol. The van der Waals surface area contributed by atoms with E-state index in [1.54, 1.807) is 6.07 Å². The summed E-state index contributed by atoms with van der Waals surface area (Å²) in [5.74, 6) is -1.94. The van der Waals surface area contributed by atoms with E-state index in [2.05, 4.69) is 0 Å². The van der Waals surface area contributed by atoms with Gasteiger partial charge in [0.2, 0.25) is 0 Å². The van der Waals surface area contributed by atoms with Crippen LogP contribution in [-0.4, -0.2) is 21.8 Å². The Kier molecular flexibility index (Phi) is 3.10. The minimum absolute atomic E-state index is 0.000278. The second-order valence-corrected chi connectivity index (χ2v) is 4.94. The van der Waals surface area contributed by atoms with Gasteiger partial charge in [-0.15, -0.1) is 0 Å². The molecule has 3 nitrogen and oxygen atoms in total. The summed E-state index contributed by atoms with van der Waals surface area (Å²) in [5.41, 5.74) is -0.557. The van der Waals surface area contributed by atoms with E-state index in [0.29, 0.717) is 5.56 Å². The molecule has 1 aliphatic rings. The summed E-state index contributed by atoms with van der Waals surface area (Å²) in [5, 5.41) is 18.8. The van der Waals surface area contributed by atoms with Crippen molar-refractivity contribution in [2.75, 3.05) is 0 Å². The highest BCUT2D eigenvalue weighted by Gasteiger charge is 2.46. The summed E-state index contributed by atoms with van der Waals surface area (Å²) in [7, 11) is 0. The molecule has 0 bridgehead atoms. The number of carbonyl (C=O) groups is 1. The van der Waals surface area contributed by atoms with Gasteiger partial charge < -0.3 is 10.2 Å². The number of carboxylic acids is 1. The molecule has 92 valence electrons. The molecule has 0 aliphatic heterocycles. The molecule has 0 radical (unpaired) electrons. The molecule has 1 aliphatic carbocycles. The fourth-order valence-electron chi connectivity index (χ4n) is 2.22. The first-order valence-electron chi connectivity index (χ1n) is 5.29. The van der Waals surface area contributed by atoms with Crippen molar-refractivity contribution in [3.8, 4) is 0 Å². The summed E-state index contributed by atoms with van der Waals surface area (Å²) in [6.45, 7) is 0. The van der Waals surface area contributed by atoms with E-state index in [4.69, 9.17) is 16.7 Å². The van der Waals surface area contributed by atoms with E-state index in [-0.39, 0.29) is 24.3 Å². The van der Waals surface area contributed by atoms with Gasteiger partial charge in [0.25, 0.3) is 0 Å². The molecule has 1 aromatic carbocycles. The molecule has 2 N–H and O–H groups in total. The summed E-state index contributed by atoms with van der Waals surface area (Å²) in [4.78, 5) is 10.6. The van der Waals surface area contributed by atoms with Crippen molar-refractivity contribution in [1.29, 1.82) is 0 Å². The lowest BCUT2D eigenvalue weighted by atomic mass is 9.68. The lowest BCUT2D eigenvalue weighted by molar-refractivity contribution is -0.158. The van der Waals surface area contributed by atoms with Crippen molar-refractivity contribution in [2.24, 2.45) is 5.92 Å². The third kappa shape index (κ3) is 2.42. The van der Waals surface area contributed by atoms with Gasteiger partial charge in [0.05, 0.1) is 16.5 Å². The molecular weight excluding hydrogens is 247 g/mol. The van der Waals surface area contributed by atoms with E-state index < -0.39 is 23.3 Å². The molecule has 2 rings (SSSR count). The lowest BCUT2D eigenvalue weighted by Crippen LogP contribution is -2.48. The van der Waals surface area contributed by atoms with E-state index in [1.807, 2.05) is 0 Å². The van der Waals surface area contributed by atoms with Crippen LogP contribution in [0.3, 0.4) is 0 Å². The highest BCUT2D eigenvalue weighted by Crippen LogP contribution is 2.41. The molecule has 0 unspecified atom stereocenters. The normalized spacial score (nSPS) is 27.6. The smallest absolute Gasteiger partial charge is 0.306 e. The number of carboxylic acid groups (broad SMARTS) is 1. The van der Waals surface area contributed by atoms with Crippen molar-refractivity contribution in [3.63, 3.8) is 0 Å². The van der Waals surface area contributed by atoms with Gasteiger partial charge >= 0.3 is 5.97 Å². The fourth-order valence-corrected chi connectivity index (χ4v) is 2.41. The van der Waals surface area contributed by atoms with Crippen LogP contribution in [0.5, 0.6) is 0 Å². The van der Waals surface area contributed by atoms with E-state index in [1.165, 1.54) is 12.1 Å². The van der Waals surface area contributed by atoms with Gasteiger partial charge in [0.15, 0.2) is 0 Å². The van der Waals surface area contributed by atoms with E-state index >= 15 is 0 Å². The predicted octanol–water partition coefficient (Wildman–Crippen LogP) is 2.25. The first kappa shape index (κ1) is 12.3. The van der Waals surface area contributed by atoms with Gasteiger partial charge in [-0.1, -0.05) is 23.7 Å². The molecule has 0 saturated heterocycles. The molecule has 0 heterocycles. The number of aliphatic hydroxyl groups is 1. The van der Waals surface area contributed by atoms with Crippen LogP contribution in [0.4, 0.5) is 4.39 Å². The molecule has 17 heavy (non-hydrogen) atoms.